The molecule has 8 nitrogen and oxygen atoms in total. The summed E-state index contributed by atoms with van der Waals surface area (Å²) in [6, 6.07) is 3.26. The zero-order valence-corrected chi connectivity index (χ0v) is 15.5. The van der Waals surface area contributed by atoms with Crippen molar-refractivity contribution >= 4 is 22.4 Å². The van der Waals surface area contributed by atoms with Crippen LogP contribution in [0.1, 0.15) is 36.1 Å². The molecule has 3 rings (SSSR count). The summed E-state index contributed by atoms with van der Waals surface area (Å²) in [6.07, 6.45) is 2.10. The van der Waals surface area contributed by atoms with Crippen molar-refractivity contribution in [2.45, 2.75) is 32.4 Å². The number of ether oxygens (including phenoxy) is 1. The van der Waals surface area contributed by atoms with Gasteiger partial charge in [-0.1, -0.05) is 25.9 Å². The van der Waals surface area contributed by atoms with Crippen LogP contribution >= 0.6 is 11.3 Å². The highest BCUT2D eigenvalue weighted by Gasteiger charge is 2.45. The summed E-state index contributed by atoms with van der Waals surface area (Å²) < 4.78 is 4.67. The second-order valence-corrected chi connectivity index (χ2v) is 8.17. The number of rotatable bonds is 3. The average Bonchev–Trinajstić information content (AvgIpc) is 3.14. The Kier molecular flexibility index (Phi) is 4.58. The van der Waals surface area contributed by atoms with Crippen molar-refractivity contribution in [2.75, 3.05) is 20.3 Å². The summed E-state index contributed by atoms with van der Waals surface area (Å²) in [5.41, 5.74) is 0.124. The molecule has 0 radical (unpaired) electrons. The van der Waals surface area contributed by atoms with Gasteiger partial charge in [-0.15, -0.1) is 5.10 Å². The number of hydroxylamine groups is 2. The molecule has 25 heavy (non-hydrogen) atoms. The zero-order valence-electron chi connectivity index (χ0n) is 14.7. The van der Waals surface area contributed by atoms with Gasteiger partial charge in [-0.2, -0.15) is 0 Å². The standard InChI is InChI=1S/C16H21N5O3S/c1-16(2,3)14-18-19-15(25-14)21(23)10-20(4)9-12(21)24-13(22)11-6-5-7-17-8-11/h5-8,12H,9-10H2,1-4H3. The van der Waals surface area contributed by atoms with Gasteiger partial charge in [0.1, 0.15) is 11.7 Å². The van der Waals surface area contributed by atoms with Crippen molar-refractivity contribution in [3.63, 3.8) is 0 Å². The summed E-state index contributed by atoms with van der Waals surface area (Å²) in [6.45, 7) is 6.54. The van der Waals surface area contributed by atoms with Gasteiger partial charge in [0.15, 0.2) is 0 Å². The predicted molar refractivity (Wildman–Crippen MR) is 94.7 cm³/mol. The first kappa shape index (κ1) is 17.9. The quantitative estimate of drug-likeness (QED) is 0.468. The van der Waals surface area contributed by atoms with Crippen LogP contribution in [-0.4, -0.2) is 52.5 Å². The maximum atomic E-state index is 13.5. The van der Waals surface area contributed by atoms with E-state index in [2.05, 4.69) is 15.2 Å². The fourth-order valence-corrected chi connectivity index (χ4v) is 3.53. The van der Waals surface area contributed by atoms with Crippen LogP contribution in [0.15, 0.2) is 24.5 Å². The van der Waals surface area contributed by atoms with E-state index in [9.17, 15) is 10.0 Å². The molecule has 134 valence electrons. The molecule has 1 fully saturated rings. The number of esters is 1. The maximum Gasteiger partial charge on any atom is 0.344 e. The molecule has 0 aliphatic carbocycles. The van der Waals surface area contributed by atoms with Gasteiger partial charge in [0.05, 0.1) is 12.1 Å². The highest BCUT2D eigenvalue weighted by Crippen LogP contribution is 2.37. The van der Waals surface area contributed by atoms with Gasteiger partial charge in [-0.05, 0) is 30.5 Å². The third-order valence-electron chi connectivity index (χ3n) is 3.90. The number of pyridine rings is 1. The molecule has 1 aliphatic heterocycles. The van der Waals surface area contributed by atoms with E-state index in [1.165, 1.54) is 17.5 Å². The Balaban J connectivity index is 1.85. The third kappa shape index (κ3) is 3.54. The topological polar surface area (TPSA) is 91.3 Å². The monoisotopic (exact) mass is 363 g/mol. The molecule has 0 aromatic carbocycles. The van der Waals surface area contributed by atoms with E-state index < -0.39 is 16.8 Å². The molecule has 0 amide bonds. The smallest absolute Gasteiger partial charge is 0.344 e. The van der Waals surface area contributed by atoms with Gasteiger partial charge in [0, 0.05) is 17.8 Å². The Labute approximate surface area is 150 Å². The van der Waals surface area contributed by atoms with Gasteiger partial charge < -0.3 is 9.94 Å². The lowest BCUT2D eigenvalue weighted by Gasteiger charge is -2.38. The van der Waals surface area contributed by atoms with E-state index >= 15 is 0 Å². The van der Waals surface area contributed by atoms with Crippen LogP contribution in [0.4, 0.5) is 5.13 Å². The minimum atomic E-state index is -0.890. The minimum Gasteiger partial charge on any atom is -0.622 e. The molecular weight excluding hydrogens is 342 g/mol. The van der Waals surface area contributed by atoms with E-state index in [0.717, 1.165) is 5.01 Å². The minimum absolute atomic E-state index is 0.157. The summed E-state index contributed by atoms with van der Waals surface area (Å²) in [4.78, 5) is 18.1. The second kappa shape index (κ2) is 6.41. The van der Waals surface area contributed by atoms with Crippen molar-refractivity contribution in [1.82, 2.24) is 24.7 Å². The third-order valence-corrected chi connectivity index (χ3v) is 5.37. The fourth-order valence-electron chi connectivity index (χ4n) is 2.56. The first-order valence-corrected chi connectivity index (χ1v) is 8.74. The predicted octanol–water partition coefficient (Wildman–Crippen LogP) is 2.12. The van der Waals surface area contributed by atoms with E-state index in [1.807, 2.05) is 32.7 Å². The molecule has 0 saturated carbocycles. The normalized spacial score (nSPS) is 24.4. The van der Waals surface area contributed by atoms with E-state index in [-0.39, 0.29) is 12.1 Å². The van der Waals surface area contributed by atoms with Gasteiger partial charge in [-0.3, -0.25) is 9.63 Å². The summed E-state index contributed by atoms with van der Waals surface area (Å²) in [5, 5.41) is 22.8. The summed E-state index contributed by atoms with van der Waals surface area (Å²) in [5.74, 6) is -0.563. The highest BCUT2D eigenvalue weighted by atomic mass is 32.1. The molecule has 0 spiro atoms. The molecular formula is C16H21N5O3S. The molecule has 9 heteroatoms. The lowest BCUT2D eigenvalue weighted by molar-refractivity contribution is 0.00555. The molecule has 1 aliphatic rings. The maximum absolute atomic E-state index is 13.5. The second-order valence-electron chi connectivity index (χ2n) is 7.22. The van der Waals surface area contributed by atoms with E-state index in [0.29, 0.717) is 17.2 Å². The number of hydrogen-bond acceptors (Lipinski definition) is 8. The SMILES string of the molecule is CN1CC(OC(=O)c2cccnc2)[N+]([O-])(c2nnc(C(C)(C)C)s2)C1. The van der Waals surface area contributed by atoms with Crippen molar-refractivity contribution in [3.05, 3.63) is 40.3 Å². The van der Waals surface area contributed by atoms with Crippen molar-refractivity contribution in [1.29, 1.82) is 0 Å². The van der Waals surface area contributed by atoms with Crippen LogP contribution < -0.4 is 4.65 Å². The molecule has 3 heterocycles. The fraction of sp³-hybridized carbons (Fsp3) is 0.500. The molecule has 0 N–H and O–H groups in total. The Bertz CT molecular complexity index is 761. The lowest BCUT2D eigenvalue weighted by Crippen LogP contribution is -2.50. The number of carbonyl (C=O) groups is 1. The van der Waals surface area contributed by atoms with Crippen LogP contribution in [0.5, 0.6) is 0 Å². The van der Waals surface area contributed by atoms with Crippen LogP contribution in [-0.2, 0) is 10.2 Å². The van der Waals surface area contributed by atoms with Gasteiger partial charge in [0.2, 0.25) is 0 Å². The summed E-state index contributed by atoms with van der Waals surface area (Å²) >= 11 is 1.27. The van der Waals surface area contributed by atoms with Crippen LogP contribution in [0.25, 0.3) is 0 Å². The van der Waals surface area contributed by atoms with Crippen molar-refractivity contribution < 1.29 is 9.53 Å². The lowest BCUT2D eigenvalue weighted by atomic mass is 9.98. The number of hydrogen-bond donors (Lipinski definition) is 0. The van der Waals surface area contributed by atoms with Crippen LogP contribution in [0.2, 0.25) is 0 Å². The molecule has 2 atom stereocenters. The van der Waals surface area contributed by atoms with E-state index in [1.54, 1.807) is 18.3 Å². The van der Waals surface area contributed by atoms with Gasteiger partial charge >= 0.3 is 11.1 Å². The highest BCUT2D eigenvalue weighted by molar-refractivity contribution is 7.15. The van der Waals surface area contributed by atoms with Crippen molar-refractivity contribution in [3.8, 4) is 0 Å². The largest absolute Gasteiger partial charge is 0.622 e. The van der Waals surface area contributed by atoms with Crippen molar-refractivity contribution in [2.24, 2.45) is 0 Å². The number of aromatic nitrogens is 3. The molecule has 2 aromatic heterocycles. The van der Waals surface area contributed by atoms with E-state index in [4.69, 9.17) is 4.74 Å². The number of likely N-dealkylation sites (N-methyl/N-ethyl adjacent to an activating group) is 1. The summed E-state index contributed by atoms with van der Waals surface area (Å²) in [7, 11) is 1.81. The first-order valence-electron chi connectivity index (χ1n) is 7.93. The molecule has 0 bridgehead atoms. The first-order chi connectivity index (χ1) is 11.7. The van der Waals surface area contributed by atoms with Crippen LogP contribution in [0, 0.1) is 5.21 Å². The van der Waals surface area contributed by atoms with Gasteiger partial charge in [-0.25, -0.2) is 9.69 Å². The van der Waals surface area contributed by atoms with Gasteiger partial charge in [0.25, 0.3) is 6.23 Å². The number of nitrogens with zero attached hydrogens (tertiary/aromatic N) is 5. The number of quaternary nitrogens is 1. The average molecular weight is 363 g/mol. The Morgan fingerprint density at radius 1 is 1.44 bits per heavy atom. The molecule has 2 unspecified atom stereocenters. The Hall–Kier alpha value is -1.94. The Morgan fingerprint density at radius 2 is 2.20 bits per heavy atom. The zero-order chi connectivity index (χ0) is 18.2. The van der Waals surface area contributed by atoms with Crippen LogP contribution in [0.3, 0.4) is 0 Å². The molecule has 1 saturated heterocycles. The Morgan fingerprint density at radius 3 is 2.80 bits per heavy atom. The molecule has 2 aromatic rings. The number of carbonyl (C=O) groups excluding carboxylic acids is 1.